The minimum absolute atomic E-state index is 0.861. The Hall–Kier alpha value is -0.600. The van der Waals surface area contributed by atoms with Crippen LogP contribution >= 0.6 is 0 Å². The van der Waals surface area contributed by atoms with Crippen molar-refractivity contribution in [3.63, 3.8) is 0 Å². The Labute approximate surface area is 63.2 Å². The van der Waals surface area contributed by atoms with Crippen LogP contribution in [0.5, 0.6) is 0 Å². The molecular formula is C8H16N2. The zero-order chi connectivity index (χ0) is 7.82. The van der Waals surface area contributed by atoms with E-state index in [2.05, 4.69) is 30.5 Å². The fourth-order valence-electron chi connectivity index (χ4n) is 0.739. The van der Waals surface area contributed by atoms with Crippen LogP contribution < -0.4 is 5.43 Å². The first kappa shape index (κ1) is 9.40. The van der Waals surface area contributed by atoms with Crippen molar-refractivity contribution in [1.82, 2.24) is 10.4 Å². The normalized spacial score (nSPS) is 9.80. The highest BCUT2D eigenvalue weighted by Gasteiger charge is 1.94. The summed E-state index contributed by atoms with van der Waals surface area (Å²) in [5, 5.41) is 2.06. The molecule has 0 bridgehead atoms. The van der Waals surface area contributed by atoms with Gasteiger partial charge in [-0.1, -0.05) is 19.1 Å². The average Bonchev–Trinajstić information content (AvgIpc) is 1.90. The van der Waals surface area contributed by atoms with E-state index in [0.717, 1.165) is 19.6 Å². The molecule has 0 aromatic heterocycles. The number of hydrogen-bond donors (Lipinski definition) is 1. The second-order valence-corrected chi connectivity index (χ2v) is 1.99. The molecule has 10 heavy (non-hydrogen) atoms. The maximum Gasteiger partial charge on any atom is 0.0312 e. The molecule has 0 rings (SSSR count). The Morgan fingerprint density at radius 1 is 1.30 bits per heavy atom. The summed E-state index contributed by atoms with van der Waals surface area (Å²) < 4.78 is 0. The highest BCUT2D eigenvalue weighted by molar-refractivity contribution is 4.77. The van der Waals surface area contributed by atoms with Gasteiger partial charge in [-0.3, -0.25) is 5.43 Å². The first-order chi connectivity index (χ1) is 4.85. The molecule has 58 valence electrons. The fraction of sp³-hybridized carbons (Fsp3) is 0.500. The maximum atomic E-state index is 3.65. The van der Waals surface area contributed by atoms with Crippen molar-refractivity contribution < 1.29 is 0 Å². The van der Waals surface area contributed by atoms with E-state index >= 15 is 0 Å². The van der Waals surface area contributed by atoms with Gasteiger partial charge in [0.15, 0.2) is 0 Å². The van der Waals surface area contributed by atoms with Gasteiger partial charge in [0.1, 0.15) is 0 Å². The largest absolute Gasteiger partial charge is 0.255 e. The van der Waals surface area contributed by atoms with Gasteiger partial charge in [0, 0.05) is 19.6 Å². The zero-order valence-corrected chi connectivity index (χ0v) is 6.64. The number of nitrogens with one attached hydrogen (secondary N) is 1. The maximum absolute atomic E-state index is 3.65. The molecule has 0 saturated heterocycles. The molecule has 0 atom stereocenters. The standard InChI is InChI=1S/C8H16N2/c1-4-7-10(8-5-2)9-6-3/h4-5,9H,1-2,6-8H2,3H3. The van der Waals surface area contributed by atoms with Crippen molar-refractivity contribution >= 4 is 0 Å². The molecule has 0 aliphatic rings. The number of hydrogen-bond acceptors (Lipinski definition) is 2. The molecule has 2 heteroatoms. The molecule has 0 saturated carbocycles. The molecule has 1 N–H and O–H groups in total. The predicted octanol–water partition coefficient (Wildman–Crippen LogP) is 1.18. The van der Waals surface area contributed by atoms with Crippen molar-refractivity contribution in [2.75, 3.05) is 19.6 Å². The third-order valence-corrected chi connectivity index (χ3v) is 1.08. The third kappa shape index (κ3) is 4.30. The van der Waals surface area contributed by atoms with Crippen LogP contribution in [0, 0.1) is 0 Å². The summed E-state index contributed by atoms with van der Waals surface area (Å²) in [6.45, 7) is 12.0. The third-order valence-electron chi connectivity index (χ3n) is 1.08. The Morgan fingerprint density at radius 3 is 2.10 bits per heavy atom. The average molecular weight is 140 g/mol. The Balaban J connectivity index is 3.48. The van der Waals surface area contributed by atoms with Gasteiger partial charge in [0.25, 0.3) is 0 Å². The lowest BCUT2D eigenvalue weighted by atomic mass is 10.5. The minimum Gasteiger partial charge on any atom is -0.255 e. The van der Waals surface area contributed by atoms with Crippen LogP contribution in [0.3, 0.4) is 0 Å². The van der Waals surface area contributed by atoms with E-state index in [0.29, 0.717) is 0 Å². The molecule has 0 aromatic carbocycles. The van der Waals surface area contributed by atoms with Crippen LogP contribution in [0.15, 0.2) is 25.3 Å². The van der Waals surface area contributed by atoms with Gasteiger partial charge < -0.3 is 0 Å². The Morgan fingerprint density at radius 2 is 1.80 bits per heavy atom. The fourth-order valence-corrected chi connectivity index (χ4v) is 0.739. The first-order valence-electron chi connectivity index (χ1n) is 3.55. The van der Waals surface area contributed by atoms with Crippen LogP contribution in [-0.2, 0) is 0 Å². The van der Waals surface area contributed by atoms with E-state index in [-0.39, 0.29) is 0 Å². The van der Waals surface area contributed by atoms with Gasteiger partial charge in [-0.15, -0.1) is 13.2 Å². The highest BCUT2D eigenvalue weighted by atomic mass is 15.5. The van der Waals surface area contributed by atoms with Gasteiger partial charge in [-0.25, -0.2) is 5.01 Å². The molecular weight excluding hydrogens is 124 g/mol. The van der Waals surface area contributed by atoms with Gasteiger partial charge >= 0.3 is 0 Å². The number of rotatable bonds is 6. The Bertz CT molecular complexity index is 89.4. The molecule has 0 fully saturated rings. The topological polar surface area (TPSA) is 15.3 Å². The number of nitrogens with zero attached hydrogens (tertiary/aromatic N) is 1. The van der Waals surface area contributed by atoms with Crippen LogP contribution in [0.2, 0.25) is 0 Å². The van der Waals surface area contributed by atoms with Crippen molar-refractivity contribution in [3.05, 3.63) is 25.3 Å². The van der Waals surface area contributed by atoms with E-state index < -0.39 is 0 Å². The van der Waals surface area contributed by atoms with E-state index in [1.165, 1.54) is 0 Å². The molecule has 0 aliphatic heterocycles. The van der Waals surface area contributed by atoms with Crippen LogP contribution in [0.4, 0.5) is 0 Å². The molecule has 0 spiro atoms. The molecule has 0 radical (unpaired) electrons. The summed E-state index contributed by atoms with van der Waals surface area (Å²) in [6.07, 6.45) is 3.73. The summed E-state index contributed by atoms with van der Waals surface area (Å²) in [4.78, 5) is 0. The second kappa shape index (κ2) is 6.52. The minimum atomic E-state index is 0.861. The lowest BCUT2D eigenvalue weighted by Crippen LogP contribution is -2.37. The van der Waals surface area contributed by atoms with Gasteiger partial charge in [0.2, 0.25) is 0 Å². The van der Waals surface area contributed by atoms with Gasteiger partial charge in [0.05, 0.1) is 0 Å². The van der Waals surface area contributed by atoms with Crippen molar-refractivity contribution in [1.29, 1.82) is 0 Å². The molecule has 0 unspecified atom stereocenters. The lowest BCUT2D eigenvalue weighted by molar-refractivity contribution is 0.240. The van der Waals surface area contributed by atoms with Crippen LogP contribution in [0.1, 0.15) is 6.92 Å². The van der Waals surface area contributed by atoms with E-state index in [4.69, 9.17) is 0 Å². The van der Waals surface area contributed by atoms with Crippen LogP contribution in [-0.4, -0.2) is 24.6 Å². The smallest absolute Gasteiger partial charge is 0.0312 e. The summed E-state index contributed by atoms with van der Waals surface area (Å²) in [7, 11) is 0. The Kier molecular flexibility index (Phi) is 6.13. The van der Waals surface area contributed by atoms with Crippen LogP contribution in [0.25, 0.3) is 0 Å². The van der Waals surface area contributed by atoms with Gasteiger partial charge in [-0.2, -0.15) is 0 Å². The number of hydrazine groups is 1. The van der Waals surface area contributed by atoms with Crippen molar-refractivity contribution in [2.24, 2.45) is 0 Å². The van der Waals surface area contributed by atoms with E-state index in [1.807, 2.05) is 12.2 Å². The van der Waals surface area contributed by atoms with E-state index in [9.17, 15) is 0 Å². The molecule has 0 aromatic rings. The molecule has 2 nitrogen and oxygen atoms in total. The quantitative estimate of drug-likeness (QED) is 0.440. The molecule has 0 amide bonds. The monoisotopic (exact) mass is 140 g/mol. The second-order valence-electron chi connectivity index (χ2n) is 1.99. The summed E-state index contributed by atoms with van der Waals surface area (Å²) >= 11 is 0. The molecule has 0 aliphatic carbocycles. The summed E-state index contributed by atoms with van der Waals surface area (Å²) in [5.41, 5.74) is 3.18. The van der Waals surface area contributed by atoms with Gasteiger partial charge in [-0.05, 0) is 0 Å². The van der Waals surface area contributed by atoms with E-state index in [1.54, 1.807) is 0 Å². The SMILES string of the molecule is C=CCN(CC=C)NCC. The molecule has 0 heterocycles. The lowest BCUT2D eigenvalue weighted by Gasteiger charge is -2.18. The zero-order valence-electron chi connectivity index (χ0n) is 6.64. The van der Waals surface area contributed by atoms with Crippen molar-refractivity contribution in [2.45, 2.75) is 6.92 Å². The first-order valence-corrected chi connectivity index (χ1v) is 3.55. The highest BCUT2D eigenvalue weighted by Crippen LogP contribution is 1.81. The predicted molar refractivity (Wildman–Crippen MR) is 45.6 cm³/mol. The summed E-state index contributed by atoms with van der Waals surface area (Å²) in [5.74, 6) is 0. The van der Waals surface area contributed by atoms with Crippen molar-refractivity contribution in [3.8, 4) is 0 Å². The summed E-state index contributed by atoms with van der Waals surface area (Å²) in [6, 6.07) is 0.